The third-order valence-corrected chi connectivity index (χ3v) is 3.65. The van der Waals surface area contributed by atoms with Crippen LogP contribution in [-0.2, 0) is 5.41 Å². The fraction of sp³-hybridized carbons (Fsp3) is 0.375. The van der Waals surface area contributed by atoms with Crippen LogP contribution in [-0.4, -0.2) is 9.04 Å². The Bertz CT molecular complexity index is 553. The van der Waals surface area contributed by atoms with E-state index in [1.54, 1.807) is 0 Å². The van der Waals surface area contributed by atoms with E-state index in [1.165, 1.54) is 16.3 Å². The first kappa shape index (κ1) is 13.2. The molecular formula is C16H21OSi. The predicted octanol–water partition coefficient (Wildman–Crippen LogP) is 4.77. The van der Waals surface area contributed by atoms with E-state index in [1.807, 2.05) is 0 Å². The van der Waals surface area contributed by atoms with Crippen molar-refractivity contribution in [2.75, 3.05) is 0 Å². The van der Waals surface area contributed by atoms with Crippen molar-refractivity contribution < 1.29 is 4.43 Å². The molecule has 2 aromatic rings. The number of hydrogen-bond acceptors (Lipinski definition) is 1. The minimum atomic E-state index is -0.715. The average Bonchev–Trinajstić information content (AvgIpc) is 2.27. The molecule has 0 saturated heterocycles. The van der Waals surface area contributed by atoms with Crippen LogP contribution in [0.2, 0.25) is 13.1 Å². The molecule has 0 heterocycles. The Morgan fingerprint density at radius 3 is 2.33 bits per heavy atom. The standard InChI is InChI=1S/C16H21OSi/c1-16(2,3)13-9-10-14-12(11-13)7-6-8-15(14)17-18(4)5/h6-11H,1-5H3. The molecule has 0 aliphatic heterocycles. The molecule has 0 atom stereocenters. The highest BCUT2D eigenvalue weighted by Crippen LogP contribution is 2.30. The molecule has 0 fully saturated rings. The molecular weight excluding hydrogens is 236 g/mol. The van der Waals surface area contributed by atoms with Crippen LogP contribution in [0.3, 0.4) is 0 Å². The molecule has 0 aliphatic rings. The third kappa shape index (κ3) is 2.75. The average molecular weight is 257 g/mol. The predicted molar refractivity (Wildman–Crippen MR) is 80.8 cm³/mol. The largest absolute Gasteiger partial charge is 0.542 e. The monoisotopic (exact) mass is 257 g/mol. The first-order valence-corrected chi connectivity index (χ1v) is 8.80. The maximum atomic E-state index is 5.95. The molecule has 2 rings (SSSR count). The van der Waals surface area contributed by atoms with Crippen LogP contribution in [0.4, 0.5) is 0 Å². The Kier molecular flexibility index (Phi) is 3.49. The van der Waals surface area contributed by atoms with Crippen LogP contribution >= 0.6 is 0 Å². The van der Waals surface area contributed by atoms with Crippen LogP contribution in [0.5, 0.6) is 5.75 Å². The van der Waals surface area contributed by atoms with Gasteiger partial charge in [-0.1, -0.05) is 51.1 Å². The number of fused-ring (bicyclic) bond motifs is 1. The van der Waals surface area contributed by atoms with Gasteiger partial charge < -0.3 is 4.43 Å². The Hall–Kier alpha value is -1.28. The molecule has 0 amide bonds. The summed E-state index contributed by atoms with van der Waals surface area (Å²) in [5.74, 6) is 1.02. The molecule has 1 radical (unpaired) electrons. The van der Waals surface area contributed by atoms with Crippen molar-refractivity contribution in [3.63, 3.8) is 0 Å². The van der Waals surface area contributed by atoms with Crippen LogP contribution in [0.25, 0.3) is 10.8 Å². The van der Waals surface area contributed by atoms with Gasteiger partial charge in [0.25, 0.3) is 9.04 Å². The Balaban J connectivity index is 2.53. The zero-order valence-corrected chi connectivity index (χ0v) is 12.9. The van der Waals surface area contributed by atoms with E-state index >= 15 is 0 Å². The highest BCUT2D eigenvalue weighted by atomic mass is 28.3. The van der Waals surface area contributed by atoms with Gasteiger partial charge in [0.1, 0.15) is 5.75 Å². The lowest BCUT2D eigenvalue weighted by Gasteiger charge is -2.20. The van der Waals surface area contributed by atoms with Gasteiger partial charge >= 0.3 is 0 Å². The van der Waals surface area contributed by atoms with Crippen molar-refractivity contribution in [1.29, 1.82) is 0 Å². The smallest absolute Gasteiger partial charge is 0.274 e. The molecule has 0 spiro atoms. The Morgan fingerprint density at radius 2 is 1.72 bits per heavy atom. The summed E-state index contributed by atoms with van der Waals surface area (Å²) in [7, 11) is -0.715. The molecule has 1 nitrogen and oxygen atoms in total. The second-order valence-electron chi connectivity index (χ2n) is 5.95. The van der Waals surface area contributed by atoms with E-state index in [9.17, 15) is 0 Å². The van der Waals surface area contributed by atoms with Gasteiger partial charge in [-0.2, -0.15) is 0 Å². The molecule has 0 bridgehead atoms. The molecule has 2 heteroatoms. The SMILES string of the molecule is C[Si](C)Oc1cccc2cc(C(C)(C)C)ccc12. The van der Waals surface area contributed by atoms with Crippen LogP contribution < -0.4 is 4.43 Å². The second kappa shape index (κ2) is 4.77. The van der Waals surface area contributed by atoms with E-state index in [0.717, 1.165) is 5.75 Å². The van der Waals surface area contributed by atoms with E-state index in [-0.39, 0.29) is 5.41 Å². The summed E-state index contributed by atoms with van der Waals surface area (Å²) in [6.07, 6.45) is 0. The van der Waals surface area contributed by atoms with Crippen molar-refractivity contribution in [3.8, 4) is 5.75 Å². The van der Waals surface area contributed by atoms with E-state index in [2.05, 4.69) is 70.3 Å². The van der Waals surface area contributed by atoms with Crippen molar-refractivity contribution >= 4 is 19.8 Å². The highest BCUT2D eigenvalue weighted by molar-refractivity contribution is 6.49. The van der Waals surface area contributed by atoms with Crippen molar-refractivity contribution in [1.82, 2.24) is 0 Å². The lowest BCUT2D eigenvalue weighted by molar-refractivity contribution is 0.585. The molecule has 0 saturated carbocycles. The topological polar surface area (TPSA) is 9.23 Å². The van der Waals surface area contributed by atoms with E-state index in [0.29, 0.717) is 0 Å². The number of rotatable bonds is 2. The lowest BCUT2D eigenvalue weighted by Crippen LogP contribution is -2.12. The summed E-state index contributed by atoms with van der Waals surface area (Å²) in [6, 6.07) is 13.0. The summed E-state index contributed by atoms with van der Waals surface area (Å²) < 4.78 is 5.95. The lowest BCUT2D eigenvalue weighted by atomic mass is 9.86. The quantitative estimate of drug-likeness (QED) is 0.704. The van der Waals surface area contributed by atoms with E-state index in [4.69, 9.17) is 4.43 Å². The molecule has 2 aromatic carbocycles. The fourth-order valence-corrected chi connectivity index (χ4v) is 2.65. The zero-order chi connectivity index (χ0) is 13.3. The molecule has 0 unspecified atom stereocenters. The fourth-order valence-electron chi connectivity index (χ4n) is 2.03. The van der Waals surface area contributed by atoms with Gasteiger partial charge in [0.15, 0.2) is 0 Å². The second-order valence-corrected chi connectivity index (χ2v) is 7.97. The van der Waals surface area contributed by atoms with Gasteiger partial charge in [-0.25, -0.2) is 0 Å². The van der Waals surface area contributed by atoms with Crippen LogP contribution in [0.1, 0.15) is 26.3 Å². The summed E-state index contributed by atoms with van der Waals surface area (Å²) in [5.41, 5.74) is 1.56. The zero-order valence-electron chi connectivity index (χ0n) is 11.9. The van der Waals surface area contributed by atoms with Crippen LogP contribution in [0.15, 0.2) is 36.4 Å². The molecule has 18 heavy (non-hydrogen) atoms. The third-order valence-electron chi connectivity index (χ3n) is 3.02. The molecule has 0 aliphatic carbocycles. The maximum absolute atomic E-state index is 5.95. The number of benzene rings is 2. The molecule has 0 N–H and O–H groups in total. The van der Waals surface area contributed by atoms with Gasteiger partial charge in [0.2, 0.25) is 0 Å². The van der Waals surface area contributed by atoms with Gasteiger partial charge in [0.05, 0.1) is 0 Å². The molecule has 0 aromatic heterocycles. The maximum Gasteiger partial charge on any atom is 0.274 e. The van der Waals surface area contributed by atoms with E-state index < -0.39 is 9.04 Å². The summed E-state index contributed by atoms with van der Waals surface area (Å²) in [6.45, 7) is 11.1. The molecule has 95 valence electrons. The van der Waals surface area contributed by atoms with Crippen molar-refractivity contribution in [3.05, 3.63) is 42.0 Å². The summed E-state index contributed by atoms with van der Waals surface area (Å²) in [5, 5.41) is 2.49. The summed E-state index contributed by atoms with van der Waals surface area (Å²) in [4.78, 5) is 0. The first-order valence-electron chi connectivity index (χ1n) is 6.39. The highest BCUT2D eigenvalue weighted by Gasteiger charge is 2.14. The van der Waals surface area contributed by atoms with Crippen LogP contribution in [0, 0.1) is 0 Å². The minimum absolute atomic E-state index is 0.190. The van der Waals surface area contributed by atoms with Gasteiger partial charge in [-0.05, 0) is 35.5 Å². The normalized spacial score (nSPS) is 12.1. The van der Waals surface area contributed by atoms with Crippen molar-refractivity contribution in [2.45, 2.75) is 39.3 Å². The van der Waals surface area contributed by atoms with Crippen molar-refractivity contribution in [2.24, 2.45) is 0 Å². The minimum Gasteiger partial charge on any atom is -0.542 e. The first-order chi connectivity index (χ1) is 8.38. The number of hydrogen-bond donors (Lipinski definition) is 0. The van der Waals surface area contributed by atoms with Gasteiger partial charge in [0, 0.05) is 5.39 Å². The summed E-state index contributed by atoms with van der Waals surface area (Å²) >= 11 is 0. The van der Waals surface area contributed by atoms with Gasteiger partial charge in [-0.3, -0.25) is 0 Å². The van der Waals surface area contributed by atoms with Gasteiger partial charge in [-0.15, -0.1) is 0 Å². The Morgan fingerprint density at radius 1 is 1.00 bits per heavy atom. The Labute approximate surface area is 112 Å².